The second-order valence-corrected chi connectivity index (χ2v) is 6.23. The molecule has 134 valence electrons. The van der Waals surface area contributed by atoms with E-state index in [4.69, 9.17) is 5.73 Å². The Morgan fingerprint density at radius 3 is 2.67 bits per heavy atom. The molecule has 1 heterocycles. The number of carbonyl (C=O) groups excluding carboxylic acids is 2. The Hall–Kier alpha value is -1.59. The van der Waals surface area contributed by atoms with Crippen molar-refractivity contribution in [1.29, 1.82) is 0 Å². The van der Waals surface area contributed by atoms with E-state index in [0.29, 0.717) is 24.9 Å². The van der Waals surface area contributed by atoms with Gasteiger partial charge in [0.15, 0.2) is 0 Å². The van der Waals surface area contributed by atoms with Gasteiger partial charge in [0.1, 0.15) is 0 Å². The van der Waals surface area contributed by atoms with Crippen LogP contribution in [0.5, 0.6) is 0 Å². The quantitative estimate of drug-likeness (QED) is 0.771. The topological polar surface area (TPSA) is 75.4 Å². The summed E-state index contributed by atoms with van der Waals surface area (Å²) in [7, 11) is 0. The van der Waals surface area contributed by atoms with Gasteiger partial charge in [-0.25, -0.2) is 0 Å². The monoisotopic (exact) mass is 353 g/mol. The molecule has 0 bridgehead atoms. The predicted molar refractivity (Wildman–Crippen MR) is 98.3 cm³/mol. The van der Waals surface area contributed by atoms with E-state index in [9.17, 15) is 9.59 Å². The number of hydrogen-bond donors (Lipinski definition) is 2. The molecule has 2 atom stereocenters. The lowest BCUT2D eigenvalue weighted by molar-refractivity contribution is -0.135. The molecule has 0 aromatic heterocycles. The van der Waals surface area contributed by atoms with E-state index in [1.54, 1.807) is 12.1 Å². The maximum absolute atomic E-state index is 12.4. The molecule has 6 heteroatoms. The van der Waals surface area contributed by atoms with Gasteiger partial charge in [0, 0.05) is 37.2 Å². The molecule has 2 unspecified atom stereocenters. The van der Waals surface area contributed by atoms with Crippen molar-refractivity contribution in [1.82, 2.24) is 10.2 Å². The van der Waals surface area contributed by atoms with Gasteiger partial charge in [-0.15, -0.1) is 12.4 Å². The number of piperidine rings is 1. The van der Waals surface area contributed by atoms with Crippen LogP contribution in [0, 0.1) is 0 Å². The summed E-state index contributed by atoms with van der Waals surface area (Å²) in [5.41, 5.74) is 6.65. The van der Waals surface area contributed by atoms with Crippen molar-refractivity contribution in [3.63, 3.8) is 0 Å². The van der Waals surface area contributed by atoms with Gasteiger partial charge in [-0.1, -0.05) is 18.2 Å². The standard InChI is InChI=1S/C18H27N3O2.ClH/c1-14(19)16-10-5-6-13-21(16)17(22)11-7-12-20-18(23)15-8-3-2-4-9-15;/h2-4,8-9,14,16H,5-7,10-13,19H2,1H3,(H,20,23);1H. The Morgan fingerprint density at radius 1 is 1.29 bits per heavy atom. The highest BCUT2D eigenvalue weighted by atomic mass is 35.5. The van der Waals surface area contributed by atoms with Crippen LogP contribution in [0.15, 0.2) is 30.3 Å². The molecule has 1 aliphatic rings. The summed E-state index contributed by atoms with van der Waals surface area (Å²) in [4.78, 5) is 26.2. The summed E-state index contributed by atoms with van der Waals surface area (Å²) in [6, 6.07) is 9.28. The number of nitrogens with zero attached hydrogens (tertiary/aromatic N) is 1. The smallest absolute Gasteiger partial charge is 0.251 e. The Kier molecular flexibility index (Phi) is 8.79. The van der Waals surface area contributed by atoms with Crippen LogP contribution in [0.2, 0.25) is 0 Å². The zero-order valence-corrected chi connectivity index (χ0v) is 15.1. The van der Waals surface area contributed by atoms with Crippen LogP contribution in [0.25, 0.3) is 0 Å². The molecule has 5 nitrogen and oxygen atoms in total. The van der Waals surface area contributed by atoms with Gasteiger partial charge in [0.25, 0.3) is 5.91 Å². The van der Waals surface area contributed by atoms with E-state index in [1.165, 1.54) is 0 Å². The lowest BCUT2D eigenvalue weighted by Gasteiger charge is -2.38. The van der Waals surface area contributed by atoms with E-state index in [2.05, 4.69) is 5.32 Å². The highest BCUT2D eigenvalue weighted by Crippen LogP contribution is 2.20. The fourth-order valence-corrected chi connectivity index (χ4v) is 3.09. The summed E-state index contributed by atoms with van der Waals surface area (Å²) in [5.74, 6) is 0.0606. The summed E-state index contributed by atoms with van der Waals surface area (Å²) in [5, 5.41) is 2.86. The molecule has 0 saturated carbocycles. The number of carbonyl (C=O) groups is 2. The molecule has 0 radical (unpaired) electrons. The Balaban J connectivity index is 0.00000288. The van der Waals surface area contributed by atoms with Crippen LogP contribution in [-0.4, -0.2) is 41.9 Å². The molecule has 24 heavy (non-hydrogen) atoms. The summed E-state index contributed by atoms with van der Waals surface area (Å²) in [6.45, 7) is 3.29. The van der Waals surface area contributed by atoms with E-state index < -0.39 is 0 Å². The van der Waals surface area contributed by atoms with E-state index in [0.717, 1.165) is 25.8 Å². The number of rotatable bonds is 6. The molecule has 2 amide bonds. The maximum atomic E-state index is 12.4. The van der Waals surface area contributed by atoms with Gasteiger partial charge >= 0.3 is 0 Å². The van der Waals surface area contributed by atoms with Crippen LogP contribution in [0.3, 0.4) is 0 Å². The molecule has 1 aromatic rings. The van der Waals surface area contributed by atoms with Gasteiger partial charge < -0.3 is 16.0 Å². The number of likely N-dealkylation sites (tertiary alicyclic amines) is 1. The molecule has 1 aliphatic heterocycles. The second kappa shape index (κ2) is 10.3. The lowest BCUT2D eigenvalue weighted by Crippen LogP contribution is -2.51. The number of amides is 2. The second-order valence-electron chi connectivity index (χ2n) is 6.23. The first-order chi connectivity index (χ1) is 11.1. The van der Waals surface area contributed by atoms with Crippen molar-refractivity contribution >= 4 is 24.2 Å². The van der Waals surface area contributed by atoms with Gasteiger partial charge in [-0.05, 0) is 44.7 Å². The zero-order chi connectivity index (χ0) is 16.7. The zero-order valence-electron chi connectivity index (χ0n) is 14.2. The highest BCUT2D eigenvalue weighted by Gasteiger charge is 2.28. The van der Waals surface area contributed by atoms with Crippen molar-refractivity contribution < 1.29 is 9.59 Å². The van der Waals surface area contributed by atoms with Crippen LogP contribution < -0.4 is 11.1 Å². The predicted octanol–water partition coefficient (Wildman–Crippen LogP) is 2.35. The molecule has 1 saturated heterocycles. The average Bonchev–Trinajstić information content (AvgIpc) is 2.59. The molecular formula is C18H28ClN3O2. The number of nitrogens with two attached hydrogens (primary N) is 1. The van der Waals surface area contributed by atoms with Gasteiger partial charge in [0.2, 0.25) is 5.91 Å². The minimum absolute atomic E-state index is 0. The van der Waals surface area contributed by atoms with Crippen molar-refractivity contribution in [3.05, 3.63) is 35.9 Å². The fraction of sp³-hybridized carbons (Fsp3) is 0.556. The first kappa shape index (κ1) is 20.5. The normalized spacial score (nSPS) is 18.4. The molecule has 1 fully saturated rings. The van der Waals surface area contributed by atoms with E-state index in [-0.39, 0.29) is 36.3 Å². The molecule has 0 aliphatic carbocycles. The molecule has 3 N–H and O–H groups in total. The van der Waals surface area contributed by atoms with Gasteiger partial charge in [-0.3, -0.25) is 9.59 Å². The minimum atomic E-state index is -0.0931. The first-order valence-corrected chi connectivity index (χ1v) is 8.48. The third kappa shape index (κ3) is 5.80. The first-order valence-electron chi connectivity index (χ1n) is 8.48. The third-order valence-corrected chi connectivity index (χ3v) is 4.37. The summed E-state index contributed by atoms with van der Waals surface area (Å²) >= 11 is 0. The summed E-state index contributed by atoms with van der Waals surface area (Å²) < 4.78 is 0. The van der Waals surface area contributed by atoms with E-state index in [1.807, 2.05) is 30.0 Å². The molecular weight excluding hydrogens is 326 g/mol. The number of benzene rings is 1. The SMILES string of the molecule is CC(N)C1CCCCN1C(=O)CCCNC(=O)c1ccccc1.Cl. The van der Waals surface area contributed by atoms with Crippen molar-refractivity contribution in [2.24, 2.45) is 5.73 Å². The van der Waals surface area contributed by atoms with Crippen molar-refractivity contribution in [2.75, 3.05) is 13.1 Å². The highest BCUT2D eigenvalue weighted by molar-refractivity contribution is 5.94. The average molecular weight is 354 g/mol. The molecule has 2 rings (SSSR count). The van der Waals surface area contributed by atoms with Crippen LogP contribution >= 0.6 is 12.4 Å². The fourth-order valence-electron chi connectivity index (χ4n) is 3.09. The minimum Gasteiger partial charge on any atom is -0.352 e. The van der Waals surface area contributed by atoms with Crippen molar-refractivity contribution in [2.45, 2.75) is 51.1 Å². The van der Waals surface area contributed by atoms with Gasteiger partial charge in [-0.2, -0.15) is 0 Å². The number of halogens is 1. The lowest BCUT2D eigenvalue weighted by atomic mass is 9.96. The van der Waals surface area contributed by atoms with Crippen LogP contribution in [-0.2, 0) is 4.79 Å². The Bertz CT molecular complexity index is 522. The Labute approximate surface area is 150 Å². The molecule has 1 aromatic carbocycles. The van der Waals surface area contributed by atoms with Crippen molar-refractivity contribution in [3.8, 4) is 0 Å². The largest absolute Gasteiger partial charge is 0.352 e. The van der Waals surface area contributed by atoms with Crippen LogP contribution in [0.4, 0.5) is 0 Å². The molecule has 0 spiro atoms. The summed E-state index contributed by atoms with van der Waals surface area (Å²) in [6.07, 6.45) is 4.30. The number of hydrogen-bond acceptors (Lipinski definition) is 3. The van der Waals surface area contributed by atoms with Gasteiger partial charge in [0.05, 0.1) is 0 Å². The maximum Gasteiger partial charge on any atom is 0.251 e. The van der Waals surface area contributed by atoms with Crippen LogP contribution in [0.1, 0.15) is 49.4 Å². The van der Waals surface area contributed by atoms with E-state index >= 15 is 0 Å². The Morgan fingerprint density at radius 2 is 2.00 bits per heavy atom. The number of nitrogens with one attached hydrogen (secondary N) is 1. The third-order valence-electron chi connectivity index (χ3n) is 4.37.